The fraction of sp³-hybridized carbons (Fsp3) is 0.0455. The molecule has 7 nitrogen and oxygen atoms in total. The minimum absolute atomic E-state index is 0.205. The van der Waals surface area contributed by atoms with Gasteiger partial charge in [0.15, 0.2) is 0 Å². The molecule has 0 fully saturated rings. The van der Waals surface area contributed by atoms with E-state index in [0.717, 1.165) is 11.3 Å². The third-order valence-corrected chi connectivity index (χ3v) is 4.52. The zero-order valence-corrected chi connectivity index (χ0v) is 15.5. The molecule has 4 rings (SSSR count). The second kappa shape index (κ2) is 7.95. The summed E-state index contributed by atoms with van der Waals surface area (Å²) in [6.45, 7) is 0.205. The summed E-state index contributed by atoms with van der Waals surface area (Å²) in [7, 11) is 0. The van der Waals surface area contributed by atoms with Gasteiger partial charge in [0, 0.05) is 36.0 Å². The molecule has 0 aliphatic heterocycles. The van der Waals surface area contributed by atoms with Crippen molar-refractivity contribution in [1.29, 1.82) is 0 Å². The normalized spacial score (nSPS) is 11.6. The standard InChI is InChI=1S/C22H19N5O2/c23-12-19(14-6-7-17-18(10-14)21(13-24)26-27-22(17)28)20-11-16(8-9-25-20)29-15-4-2-1-3-5-15/h1-12H,13,23-24H2,(H,27,28)/b19-12-. The van der Waals surface area contributed by atoms with Crippen LogP contribution in [-0.2, 0) is 6.54 Å². The number of fused-ring (bicyclic) bond motifs is 1. The first kappa shape index (κ1) is 18.4. The Bertz CT molecular complexity index is 1250. The van der Waals surface area contributed by atoms with Gasteiger partial charge in [0.2, 0.25) is 0 Å². The van der Waals surface area contributed by atoms with E-state index in [0.29, 0.717) is 33.5 Å². The van der Waals surface area contributed by atoms with E-state index in [4.69, 9.17) is 16.2 Å². The number of aromatic amines is 1. The second-order valence-corrected chi connectivity index (χ2v) is 6.34. The molecule has 0 saturated heterocycles. The number of H-pyrrole nitrogens is 1. The molecule has 0 aliphatic rings. The van der Waals surface area contributed by atoms with Gasteiger partial charge < -0.3 is 16.2 Å². The highest BCUT2D eigenvalue weighted by molar-refractivity contribution is 5.89. The predicted molar refractivity (Wildman–Crippen MR) is 112 cm³/mol. The van der Waals surface area contributed by atoms with Crippen molar-refractivity contribution in [1.82, 2.24) is 15.2 Å². The Morgan fingerprint density at radius 3 is 2.62 bits per heavy atom. The highest BCUT2D eigenvalue weighted by atomic mass is 16.5. The maximum absolute atomic E-state index is 12.1. The third-order valence-electron chi connectivity index (χ3n) is 4.52. The number of nitrogens with two attached hydrogens (primary N) is 2. The van der Waals surface area contributed by atoms with Gasteiger partial charge in [-0.2, -0.15) is 5.10 Å². The molecule has 0 aliphatic carbocycles. The lowest BCUT2D eigenvalue weighted by Crippen LogP contribution is -2.13. The summed E-state index contributed by atoms with van der Waals surface area (Å²) < 4.78 is 5.89. The van der Waals surface area contributed by atoms with Crippen LogP contribution in [0.5, 0.6) is 11.5 Å². The minimum Gasteiger partial charge on any atom is -0.457 e. The summed E-state index contributed by atoms with van der Waals surface area (Å²) in [6, 6.07) is 18.5. The first-order chi connectivity index (χ1) is 14.2. The molecule has 0 saturated carbocycles. The number of aromatic nitrogens is 3. The van der Waals surface area contributed by atoms with Gasteiger partial charge >= 0.3 is 0 Å². The quantitative estimate of drug-likeness (QED) is 0.486. The summed E-state index contributed by atoms with van der Waals surface area (Å²) in [5.41, 5.74) is 14.2. The van der Waals surface area contributed by atoms with Gasteiger partial charge in [0.25, 0.3) is 5.56 Å². The molecule has 5 N–H and O–H groups in total. The van der Waals surface area contributed by atoms with E-state index in [1.165, 1.54) is 6.20 Å². The molecular formula is C22H19N5O2. The van der Waals surface area contributed by atoms with Crippen molar-refractivity contribution in [3.05, 3.63) is 100 Å². The number of pyridine rings is 1. The molecule has 144 valence electrons. The van der Waals surface area contributed by atoms with E-state index >= 15 is 0 Å². The molecular weight excluding hydrogens is 366 g/mol. The Morgan fingerprint density at radius 1 is 1.03 bits per heavy atom. The Hall–Kier alpha value is -3.97. The number of hydrogen-bond acceptors (Lipinski definition) is 6. The Kier molecular flexibility index (Phi) is 5.05. The van der Waals surface area contributed by atoms with Crippen LogP contribution >= 0.6 is 0 Å². The van der Waals surface area contributed by atoms with E-state index in [1.54, 1.807) is 18.3 Å². The van der Waals surface area contributed by atoms with Crippen LogP contribution in [0, 0.1) is 0 Å². The summed E-state index contributed by atoms with van der Waals surface area (Å²) in [6.07, 6.45) is 3.15. The van der Waals surface area contributed by atoms with Gasteiger partial charge in [-0.3, -0.25) is 9.78 Å². The van der Waals surface area contributed by atoms with Crippen molar-refractivity contribution >= 4 is 16.3 Å². The lowest BCUT2D eigenvalue weighted by atomic mass is 9.99. The highest BCUT2D eigenvalue weighted by Crippen LogP contribution is 2.28. The van der Waals surface area contributed by atoms with Crippen molar-refractivity contribution in [3.8, 4) is 11.5 Å². The Morgan fingerprint density at radius 2 is 1.86 bits per heavy atom. The fourth-order valence-electron chi connectivity index (χ4n) is 3.12. The van der Waals surface area contributed by atoms with Crippen LogP contribution in [-0.4, -0.2) is 15.2 Å². The number of hydrogen-bond donors (Lipinski definition) is 3. The van der Waals surface area contributed by atoms with Crippen LogP contribution in [0.3, 0.4) is 0 Å². The maximum Gasteiger partial charge on any atom is 0.272 e. The predicted octanol–water partition coefficient (Wildman–Crippen LogP) is 2.92. The molecule has 0 spiro atoms. The van der Waals surface area contributed by atoms with Crippen LogP contribution in [0.15, 0.2) is 77.9 Å². The van der Waals surface area contributed by atoms with Gasteiger partial charge in [-0.05, 0) is 35.9 Å². The molecule has 0 bridgehead atoms. The lowest BCUT2D eigenvalue weighted by molar-refractivity contribution is 0.481. The molecule has 0 amide bonds. The average molecular weight is 385 g/mol. The number of para-hydroxylation sites is 1. The molecule has 7 heteroatoms. The topological polar surface area (TPSA) is 120 Å². The van der Waals surface area contributed by atoms with Crippen LogP contribution in [0.25, 0.3) is 16.3 Å². The second-order valence-electron chi connectivity index (χ2n) is 6.34. The molecule has 2 aromatic heterocycles. The summed E-state index contributed by atoms with van der Waals surface area (Å²) >= 11 is 0. The number of nitrogens with zero attached hydrogens (tertiary/aromatic N) is 2. The first-order valence-corrected chi connectivity index (χ1v) is 9.02. The van der Waals surface area contributed by atoms with Crippen LogP contribution in [0.2, 0.25) is 0 Å². The minimum atomic E-state index is -0.265. The molecule has 0 unspecified atom stereocenters. The van der Waals surface area contributed by atoms with E-state index in [1.807, 2.05) is 48.5 Å². The van der Waals surface area contributed by atoms with Gasteiger partial charge in [0.05, 0.1) is 16.8 Å². The zero-order valence-electron chi connectivity index (χ0n) is 15.5. The summed E-state index contributed by atoms with van der Waals surface area (Å²) in [5, 5.41) is 7.71. The smallest absolute Gasteiger partial charge is 0.272 e. The molecule has 0 radical (unpaired) electrons. The van der Waals surface area contributed by atoms with Crippen molar-refractivity contribution in [2.24, 2.45) is 11.5 Å². The molecule has 2 heterocycles. The van der Waals surface area contributed by atoms with E-state index < -0.39 is 0 Å². The monoisotopic (exact) mass is 385 g/mol. The SMILES string of the molecule is N/C=C(/c1ccc2c(=O)[nH]nc(CN)c2c1)c1cc(Oc2ccccc2)ccn1. The fourth-order valence-corrected chi connectivity index (χ4v) is 3.12. The summed E-state index contributed by atoms with van der Waals surface area (Å²) in [5.74, 6) is 1.37. The van der Waals surface area contributed by atoms with Crippen LogP contribution in [0.4, 0.5) is 0 Å². The van der Waals surface area contributed by atoms with E-state index in [2.05, 4.69) is 15.2 Å². The van der Waals surface area contributed by atoms with Gasteiger partial charge in [0.1, 0.15) is 11.5 Å². The number of ether oxygens (including phenoxy) is 1. The first-order valence-electron chi connectivity index (χ1n) is 9.02. The average Bonchev–Trinajstić information content (AvgIpc) is 2.76. The van der Waals surface area contributed by atoms with Gasteiger partial charge in [-0.15, -0.1) is 0 Å². The van der Waals surface area contributed by atoms with E-state index in [-0.39, 0.29) is 12.1 Å². The van der Waals surface area contributed by atoms with Crippen molar-refractivity contribution in [2.75, 3.05) is 0 Å². The van der Waals surface area contributed by atoms with Gasteiger partial charge in [-0.1, -0.05) is 24.3 Å². The number of benzene rings is 2. The maximum atomic E-state index is 12.1. The van der Waals surface area contributed by atoms with Gasteiger partial charge in [-0.25, -0.2) is 5.10 Å². The largest absolute Gasteiger partial charge is 0.457 e. The molecule has 2 aromatic carbocycles. The molecule has 4 aromatic rings. The molecule has 29 heavy (non-hydrogen) atoms. The summed E-state index contributed by atoms with van der Waals surface area (Å²) in [4.78, 5) is 16.5. The zero-order chi connectivity index (χ0) is 20.2. The molecule has 0 atom stereocenters. The highest BCUT2D eigenvalue weighted by Gasteiger charge is 2.12. The number of nitrogens with one attached hydrogen (secondary N) is 1. The van der Waals surface area contributed by atoms with Crippen molar-refractivity contribution < 1.29 is 4.74 Å². The van der Waals surface area contributed by atoms with Crippen LogP contribution < -0.4 is 21.8 Å². The Balaban J connectivity index is 1.75. The van der Waals surface area contributed by atoms with Crippen molar-refractivity contribution in [2.45, 2.75) is 6.54 Å². The Labute approximate surface area is 166 Å². The number of rotatable bonds is 5. The van der Waals surface area contributed by atoms with Crippen LogP contribution in [0.1, 0.15) is 17.0 Å². The van der Waals surface area contributed by atoms with Crippen molar-refractivity contribution in [3.63, 3.8) is 0 Å². The lowest BCUT2D eigenvalue weighted by Gasteiger charge is -2.11. The third kappa shape index (κ3) is 3.71. The van der Waals surface area contributed by atoms with E-state index in [9.17, 15) is 4.79 Å².